The van der Waals surface area contributed by atoms with Crippen molar-refractivity contribution in [3.05, 3.63) is 59.4 Å². The van der Waals surface area contributed by atoms with Gasteiger partial charge in [-0.2, -0.15) is 0 Å². The Labute approximate surface area is 117 Å². The van der Waals surface area contributed by atoms with Gasteiger partial charge in [-0.15, -0.1) is 0 Å². The first kappa shape index (κ1) is 12.1. The van der Waals surface area contributed by atoms with Crippen LogP contribution in [0.2, 0.25) is 5.15 Å². The molecule has 0 aliphatic heterocycles. The Kier molecular flexibility index (Phi) is 3.18. The van der Waals surface area contributed by atoms with Crippen LogP contribution in [0.25, 0.3) is 22.2 Å². The highest BCUT2D eigenvalue weighted by molar-refractivity contribution is 6.30. The third-order valence-corrected chi connectivity index (χ3v) is 3.40. The van der Waals surface area contributed by atoms with E-state index in [-0.39, 0.29) is 0 Å². The second-order valence-electron chi connectivity index (χ2n) is 4.41. The highest BCUT2D eigenvalue weighted by Crippen LogP contribution is 2.28. The van der Waals surface area contributed by atoms with Gasteiger partial charge in [-0.1, -0.05) is 42.8 Å². The number of rotatable bonds is 2. The number of aryl methyl sites for hydroxylation is 1. The van der Waals surface area contributed by atoms with Crippen LogP contribution in [0, 0.1) is 0 Å². The average molecular weight is 269 g/mol. The molecular weight excluding hydrogens is 256 g/mol. The molecule has 1 aromatic carbocycles. The van der Waals surface area contributed by atoms with Crippen LogP contribution >= 0.6 is 11.6 Å². The molecule has 0 aliphatic rings. The molecule has 3 heteroatoms. The SMILES string of the molecule is CCc1ccc(-c2nc(Cl)cc3ncccc23)cc1. The molecule has 3 aromatic rings. The summed E-state index contributed by atoms with van der Waals surface area (Å²) in [5.41, 5.74) is 4.14. The van der Waals surface area contributed by atoms with Gasteiger partial charge in [-0.05, 0) is 24.1 Å². The zero-order chi connectivity index (χ0) is 13.2. The van der Waals surface area contributed by atoms with Gasteiger partial charge in [0.1, 0.15) is 5.15 Å². The minimum atomic E-state index is 0.473. The standard InChI is InChI=1S/C16H13ClN2/c1-2-11-5-7-12(8-6-11)16-13-4-3-9-18-14(13)10-15(17)19-16/h3-10H,2H2,1H3. The molecule has 0 fully saturated rings. The third-order valence-electron chi connectivity index (χ3n) is 3.20. The number of hydrogen-bond donors (Lipinski definition) is 0. The third kappa shape index (κ3) is 2.32. The lowest BCUT2D eigenvalue weighted by Gasteiger charge is -2.07. The topological polar surface area (TPSA) is 25.8 Å². The van der Waals surface area contributed by atoms with Gasteiger partial charge in [0.25, 0.3) is 0 Å². The van der Waals surface area contributed by atoms with Crippen LogP contribution < -0.4 is 0 Å². The number of aromatic nitrogens is 2. The summed E-state index contributed by atoms with van der Waals surface area (Å²) in [5, 5.41) is 1.50. The van der Waals surface area contributed by atoms with Gasteiger partial charge in [0.15, 0.2) is 0 Å². The highest BCUT2D eigenvalue weighted by Gasteiger charge is 2.08. The second-order valence-corrected chi connectivity index (χ2v) is 4.80. The maximum absolute atomic E-state index is 6.08. The van der Waals surface area contributed by atoms with Gasteiger partial charge >= 0.3 is 0 Å². The summed E-state index contributed by atoms with van der Waals surface area (Å²) < 4.78 is 0. The van der Waals surface area contributed by atoms with E-state index in [1.165, 1.54) is 5.56 Å². The Hall–Kier alpha value is -1.93. The van der Waals surface area contributed by atoms with Crippen molar-refractivity contribution in [2.24, 2.45) is 0 Å². The summed E-state index contributed by atoms with van der Waals surface area (Å²) in [6.07, 6.45) is 2.80. The van der Waals surface area contributed by atoms with E-state index in [2.05, 4.69) is 41.2 Å². The Bertz CT molecular complexity index is 720. The normalized spacial score (nSPS) is 10.8. The Morgan fingerprint density at radius 3 is 2.63 bits per heavy atom. The number of pyridine rings is 2. The van der Waals surface area contributed by atoms with Crippen molar-refractivity contribution in [2.75, 3.05) is 0 Å². The van der Waals surface area contributed by atoms with E-state index in [1.807, 2.05) is 12.1 Å². The lowest BCUT2D eigenvalue weighted by atomic mass is 10.0. The summed E-state index contributed by atoms with van der Waals surface area (Å²) in [5.74, 6) is 0. The lowest BCUT2D eigenvalue weighted by molar-refractivity contribution is 1.14. The van der Waals surface area contributed by atoms with Crippen molar-refractivity contribution < 1.29 is 0 Å². The van der Waals surface area contributed by atoms with E-state index >= 15 is 0 Å². The minimum Gasteiger partial charge on any atom is -0.256 e. The number of halogens is 1. The molecule has 2 heterocycles. The largest absolute Gasteiger partial charge is 0.256 e. The van der Waals surface area contributed by atoms with Crippen LogP contribution in [-0.4, -0.2) is 9.97 Å². The Morgan fingerprint density at radius 2 is 1.89 bits per heavy atom. The monoisotopic (exact) mass is 268 g/mol. The van der Waals surface area contributed by atoms with Gasteiger partial charge < -0.3 is 0 Å². The first-order valence-electron chi connectivity index (χ1n) is 6.28. The second kappa shape index (κ2) is 4.98. The van der Waals surface area contributed by atoms with Gasteiger partial charge in [0, 0.05) is 23.2 Å². The van der Waals surface area contributed by atoms with Crippen LogP contribution in [0.5, 0.6) is 0 Å². The fourth-order valence-corrected chi connectivity index (χ4v) is 2.35. The summed E-state index contributed by atoms with van der Waals surface area (Å²) in [7, 11) is 0. The number of benzene rings is 1. The van der Waals surface area contributed by atoms with Crippen molar-refractivity contribution in [1.82, 2.24) is 9.97 Å². The fourth-order valence-electron chi connectivity index (χ4n) is 2.16. The van der Waals surface area contributed by atoms with E-state index in [4.69, 9.17) is 11.6 Å². The number of hydrogen-bond acceptors (Lipinski definition) is 2. The van der Waals surface area contributed by atoms with E-state index in [1.54, 1.807) is 12.3 Å². The minimum absolute atomic E-state index is 0.473. The number of nitrogens with zero attached hydrogens (tertiary/aromatic N) is 2. The van der Waals surface area contributed by atoms with Crippen molar-refractivity contribution >= 4 is 22.5 Å². The molecule has 0 saturated heterocycles. The van der Waals surface area contributed by atoms with Gasteiger partial charge in [-0.3, -0.25) is 4.98 Å². The molecule has 0 N–H and O–H groups in total. The zero-order valence-electron chi connectivity index (χ0n) is 10.6. The molecule has 19 heavy (non-hydrogen) atoms. The first-order valence-corrected chi connectivity index (χ1v) is 6.66. The van der Waals surface area contributed by atoms with Gasteiger partial charge in [0.05, 0.1) is 11.2 Å². The van der Waals surface area contributed by atoms with Crippen LogP contribution in [0.1, 0.15) is 12.5 Å². The summed E-state index contributed by atoms with van der Waals surface area (Å²) in [6, 6.07) is 14.2. The zero-order valence-corrected chi connectivity index (χ0v) is 11.4. The highest BCUT2D eigenvalue weighted by atomic mass is 35.5. The van der Waals surface area contributed by atoms with Crippen LogP contribution in [-0.2, 0) is 6.42 Å². The molecule has 0 spiro atoms. The average Bonchev–Trinajstić information content (AvgIpc) is 2.46. The number of fused-ring (bicyclic) bond motifs is 1. The van der Waals surface area contributed by atoms with Crippen molar-refractivity contribution in [1.29, 1.82) is 0 Å². The predicted molar refractivity (Wildman–Crippen MR) is 79.4 cm³/mol. The molecule has 2 aromatic heterocycles. The first-order chi connectivity index (χ1) is 9.28. The molecule has 2 nitrogen and oxygen atoms in total. The van der Waals surface area contributed by atoms with E-state index in [0.717, 1.165) is 28.6 Å². The van der Waals surface area contributed by atoms with Crippen LogP contribution in [0.4, 0.5) is 0 Å². The fraction of sp³-hybridized carbons (Fsp3) is 0.125. The molecule has 94 valence electrons. The van der Waals surface area contributed by atoms with E-state index < -0.39 is 0 Å². The molecule has 0 saturated carbocycles. The van der Waals surface area contributed by atoms with Crippen molar-refractivity contribution in [3.8, 4) is 11.3 Å². The van der Waals surface area contributed by atoms with E-state index in [9.17, 15) is 0 Å². The molecule has 0 aliphatic carbocycles. The van der Waals surface area contributed by atoms with Crippen molar-refractivity contribution in [3.63, 3.8) is 0 Å². The van der Waals surface area contributed by atoms with Gasteiger partial charge in [0.2, 0.25) is 0 Å². The van der Waals surface area contributed by atoms with Crippen molar-refractivity contribution in [2.45, 2.75) is 13.3 Å². The summed E-state index contributed by atoms with van der Waals surface area (Å²) in [6.45, 7) is 2.14. The van der Waals surface area contributed by atoms with Crippen LogP contribution in [0.3, 0.4) is 0 Å². The van der Waals surface area contributed by atoms with E-state index in [0.29, 0.717) is 5.15 Å². The summed E-state index contributed by atoms with van der Waals surface area (Å²) >= 11 is 6.08. The Morgan fingerprint density at radius 1 is 1.11 bits per heavy atom. The lowest BCUT2D eigenvalue weighted by Crippen LogP contribution is -1.89. The smallest absolute Gasteiger partial charge is 0.131 e. The Balaban J connectivity index is 2.22. The molecule has 0 atom stereocenters. The molecule has 0 unspecified atom stereocenters. The molecule has 0 amide bonds. The molecule has 0 radical (unpaired) electrons. The summed E-state index contributed by atoms with van der Waals surface area (Å²) in [4.78, 5) is 8.79. The molecular formula is C16H13ClN2. The molecule has 0 bridgehead atoms. The van der Waals surface area contributed by atoms with Crippen LogP contribution in [0.15, 0.2) is 48.7 Å². The quantitative estimate of drug-likeness (QED) is 0.639. The maximum Gasteiger partial charge on any atom is 0.131 e. The molecule has 3 rings (SSSR count). The predicted octanol–water partition coefficient (Wildman–Crippen LogP) is 4.51. The van der Waals surface area contributed by atoms with Gasteiger partial charge in [-0.25, -0.2) is 4.98 Å². The maximum atomic E-state index is 6.08.